The van der Waals surface area contributed by atoms with E-state index >= 15 is 0 Å². The van der Waals surface area contributed by atoms with E-state index in [2.05, 4.69) is 50.3 Å². The third-order valence-electron chi connectivity index (χ3n) is 4.58. The highest BCUT2D eigenvalue weighted by Crippen LogP contribution is 2.37. The van der Waals surface area contributed by atoms with Gasteiger partial charge in [0.05, 0.1) is 6.10 Å². The van der Waals surface area contributed by atoms with E-state index in [1.807, 2.05) is 0 Å². The van der Waals surface area contributed by atoms with Crippen LogP contribution in [0.15, 0.2) is 0 Å². The Morgan fingerprint density at radius 2 is 1.11 bits per heavy atom. The van der Waals surface area contributed by atoms with Crippen LogP contribution >= 0.6 is 22.6 Å². The van der Waals surface area contributed by atoms with Crippen LogP contribution in [0.5, 0.6) is 0 Å². The summed E-state index contributed by atoms with van der Waals surface area (Å²) in [5.41, 5.74) is 1.15. The smallest absolute Gasteiger partial charge is 0.0540 e. The van der Waals surface area contributed by atoms with Crippen LogP contribution in [0.4, 0.5) is 0 Å². The van der Waals surface area contributed by atoms with Gasteiger partial charge in [0, 0.05) is 3.92 Å². The highest BCUT2D eigenvalue weighted by Gasteiger charge is 2.25. The molecule has 1 N–H and O–H groups in total. The molecule has 0 aliphatic heterocycles. The SMILES string of the molecule is CC1(C)CCC(I)CC1.CC1(C)CCC(O)CC1. The number of aliphatic hydroxyl groups excluding tert-OH is 1. The second kappa shape index (κ2) is 6.92. The molecule has 0 saturated heterocycles. The van der Waals surface area contributed by atoms with Crippen molar-refractivity contribution >= 4 is 22.6 Å². The summed E-state index contributed by atoms with van der Waals surface area (Å²) in [7, 11) is 0. The molecule has 0 bridgehead atoms. The zero-order chi connectivity index (χ0) is 13.8. The normalized spacial score (nSPS) is 28.3. The maximum absolute atomic E-state index is 9.14. The van der Waals surface area contributed by atoms with Crippen LogP contribution in [0.1, 0.15) is 79.1 Å². The van der Waals surface area contributed by atoms with Crippen molar-refractivity contribution in [3.63, 3.8) is 0 Å². The molecule has 2 saturated carbocycles. The van der Waals surface area contributed by atoms with E-state index in [0.717, 1.165) is 16.8 Å². The summed E-state index contributed by atoms with van der Waals surface area (Å²) in [6.45, 7) is 9.32. The van der Waals surface area contributed by atoms with Crippen LogP contribution in [0, 0.1) is 10.8 Å². The second-order valence-corrected chi connectivity index (χ2v) is 9.50. The fraction of sp³-hybridized carbons (Fsp3) is 1.00. The van der Waals surface area contributed by atoms with Crippen LogP contribution in [0.25, 0.3) is 0 Å². The number of alkyl halides is 1. The van der Waals surface area contributed by atoms with Crippen molar-refractivity contribution in [2.24, 2.45) is 10.8 Å². The molecule has 0 aromatic heterocycles. The zero-order valence-electron chi connectivity index (χ0n) is 12.6. The third-order valence-corrected chi connectivity index (χ3v) is 5.82. The highest BCUT2D eigenvalue weighted by atomic mass is 127. The molecule has 18 heavy (non-hydrogen) atoms. The van der Waals surface area contributed by atoms with Gasteiger partial charge in [0.15, 0.2) is 0 Å². The minimum Gasteiger partial charge on any atom is -0.393 e. The fourth-order valence-corrected chi connectivity index (χ4v) is 3.37. The predicted molar refractivity (Wildman–Crippen MR) is 88.3 cm³/mol. The fourth-order valence-electron chi connectivity index (χ4n) is 2.75. The number of hydrogen-bond acceptors (Lipinski definition) is 1. The van der Waals surface area contributed by atoms with Crippen molar-refractivity contribution < 1.29 is 5.11 Å². The molecule has 1 nitrogen and oxygen atoms in total. The molecular formula is C16H31IO. The predicted octanol–water partition coefficient (Wildman–Crippen LogP) is 5.34. The van der Waals surface area contributed by atoms with Crippen molar-refractivity contribution in [3.8, 4) is 0 Å². The summed E-state index contributed by atoms with van der Waals surface area (Å²) in [4.78, 5) is 0. The van der Waals surface area contributed by atoms with Crippen LogP contribution in [0.2, 0.25) is 0 Å². The van der Waals surface area contributed by atoms with E-state index in [1.54, 1.807) is 0 Å². The second-order valence-electron chi connectivity index (χ2n) is 7.73. The Labute approximate surface area is 127 Å². The molecule has 0 aromatic carbocycles. The van der Waals surface area contributed by atoms with Crippen molar-refractivity contribution in [1.29, 1.82) is 0 Å². The van der Waals surface area contributed by atoms with Gasteiger partial charge < -0.3 is 5.11 Å². The maximum Gasteiger partial charge on any atom is 0.0540 e. The quantitative estimate of drug-likeness (QED) is 0.453. The van der Waals surface area contributed by atoms with E-state index in [-0.39, 0.29) is 6.10 Å². The van der Waals surface area contributed by atoms with Gasteiger partial charge in [0.25, 0.3) is 0 Å². The molecule has 0 radical (unpaired) electrons. The molecule has 2 aliphatic rings. The number of rotatable bonds is 0. The molecule has 0 amide bonds. The lowest BCUT2D eigenvalue weighted by atomic mass is 9.76. The van der Waals surface area contributed by atoms with E-state index in [4.69, 9.17) is 5.11 Å². The molecule has 2 rings (SSSR count). The Balaban J connectivity index is 0.000000180. The van der Waals surface area contributed by atoms with Gasteiger partial charge in [-0.1, -0.05) is 50.3 Å². The molecule has 0 unspecified atom stereocenters. The summed E-state index contributed by atoms with van der Waals surface area (Å²) < 4.78 is 0.968. The van der Waals surface area contributed by atoms with Crippen LogP contribution in [-0.4, -0.2) is 15.1 Å². The summed E-state index contributed by atoms with van der Waals surface area (Å²) in [5, 5.41) is 9.14. The first-order valence-electron chi connectivity index (χ1n) is 7.52. The van der Waals surface area contributed by atoms with Crippen LogP contribution in [0.3, 0.4) is 0 Å². The van der Waals surface area contributed by atoms with Crippen molar-refractivity contribution in [2.45, 2.75) is 89.1 Å². The largest absolute Gasteiger partial charge is 0.393 e. The molecule has 0 aromatic rings. The average Bonchev–Trinajstić information content (AvgIpc) is 2.28. The van der Waals surface area contributed by atoms with Crippen LogP contribution in [-0.2, 0) is 0 Å². The number of halogens is 1. The lowest BCUT2D eigenvalue weighted by Gasteiger charge is -2.31. The Morgan fingerprint density at radius 1 is 0.778 bits per heavy atom. The highest BCUT2D eigenvalue weighted by molar-refractivity contribution is 14.1. The van der Waals surface area contributed by atoms with Gasteiger partial charge in [-0.15, -0.1) is 0 Å². The van der Waals surface area contributed by atoms with E-state index in [0.29, 0.717) is 10.8 Å². The summed E-state index contributed by atoms with van der Waals surface area (Å²) in [5.74, 6) is 0. The Hall–Kier alpha value is 0.690. The first-order valence-corrected chi connectivity index (χ1v) is 8.77. The van der Waals surface area contributed by atoms with Crippen LogP contribution < -0.4 is 0 Å². The van der Waals surface area contributed by atoms with Gasteiger partial charge >= 0.3 is 0 Å². The van der Waals surface area contributed by atoms with Crippen molar-refractivity contribution in [1.82, 2.24) is 0 Å². The topological polar surface area (TPSA) is 20.2 Å². The van der Waals surface area contributed by atoms with Gasteiger partial charge in [-0.05, 0) is 62.2 Å². The molecule has 2 heteroatoms. The summed E-state index contributed by atoms with van der Waals surface area (Å²) in [6.07, 6.45) is 10.1. The molecule has 0 atom stereocenters. The monoisotopic (exact) mass is 366 g/mol. The van der Waals surface area contributed by atoms with Gasteiger partial charge in [0.2, 0.25) is 0 Å². The number of hydrogen-bond donors (Lipinski definition) is 1. The van der Waals surface area contributed by atoms with Crippen molar-refractivity contribution in [2.75, 3.05) is 0 Å². The standard InChI is InChI=1S/C8H15I.C8H16O/c2*1-8(2)5-3-7(9)4-6-8/h7H,3-6H2,1-2H3;7,9H,3-6H2,1-2H3. The Bertz CT molecular complexity index is 201. The van der Waals surface area contributed by atoms with Gasteiger partial charge in [0.1, 0.15) is 0 Å². The van der Waals surface area contributed by atoms with E-state index in [9.17, 15) is 0 Å². The molecule has 108 valence electrons. The Kier molecular flexibility index (Phi) is 6.43. The van der Waals surface area contributed by atoms with E-state index < -0.39 is 0 Å². The molecule has 2 aliphatic carbocycles. The average molecular weight is 366 g/mol. The van der Waals surface area contributed by atoms with Crippen molar-refractivity contribution in [3.05, 3.63) is 0 Å². The summed E-state index contributed by atoms with van der Waals surface area (Å²) in [6, 6.07) is 0. The molecule has 0 heterocycles. The molecule has 0 spiro atoms. The minimum atomic E-state index is -0.00183. The lowest BCUT2D eigenvalue weighted by molar-refractivity contribution is 0.0800. The van der Waals surface area contributed by atoms with Gasteiger partial charge in [-0.2, -0.15) is 0 Å². The minimum absolute atomic E-state index is 0.00183. The van der Waals surface area contributed by atoms with Gasteiger partial charge in [-0.25, -0.2) is 0 Å². The van der Waals surface area contributed by atoms with E-state index in [1.165, 1.54) is 38.5 Å². The lowest BCUT2D eigenvalue weighted by Crippen LogP contribution is -2.23. The zero-order valence-corrected chi connectivity index (χ0v) is 14.8. The molecule has 2 fully saturated rings. The molecular weight excluding hydrogens is 335 g/mol. The number of aliphatic hydroxyl groups is 1. The summed E-state index contributed by atoms with van der Waals surface area (Å²) >= 11 is 2.57. The van der Waals surface area contributed by atoms with Gasteiger partial charge in [-0.3, -0.25) is 0 Å². The maximum atomic E-state index is 9.14. The third kappa shape index (κ3) is 6.74. The first kappa shape index (κ1) is 16.7. The Morgan fingerprint density at radius 3 is 1.39 bits per heavy atom. The first-order chi connectivity index (χ1) is 8.20.